The summed E-state index contributed by atoms with van der Waals surface area (Å²) in [7, 11) is 0. The average molecular weight is 406 g/mol. The number of aliphatic carboxylic acids is 2. The van der Waals surface area contributed by atoms with Crippen LogP contribution >= 0.6 is 0 Å². The van der Waals surface area contributed by atoms with Gasteiger partial charge in [-0.15, -0.1) is 10.2 Å². The minimum Gasteiger partial charge on any atom is -0.480 e. The molecular formula is C19H30N6O4. The molecule has 0 aromatic carbocycles. The van der Waals surface area contributed by atoms with E-state index in [-0.39, 0.29) is 6.04 Å². The third kappa shape index (κ3) is 4.28. The Morgan fingerprint density at radius 1 is 1.14 bits per heavy atom. The predicted octanol–water partition coefficient (Wildman–Crippen LogP) is 0.415. The van der Waals surface area contributed by atoms with Crippen LogP contribution in [0.1, 0.15) is 50.9 Å². The van der Waals surface area contributed by atoms with E-state index < -0.39 is 24.0 Å². The van der Waals surface area contributed by atoms with Crippen molar-refractivity contribution in [2.24, 2.45) is 17.8 Å². The van der Waals surface area contributed by atoms with Gasteiger partial charge in [0.2, 0.25) is 0 Å². The first-order valence-electron chi connectivity index (χ1n) is 10.7. The number of piperidine rings is 1. The number of carboxylic acid groups (broad SMARTS) is 2. The summed E-state index contributed by atoms with van der Waals surface area (Å²) in [6.07, 6.45) is 4.98. The number of carbonyl (C=O) groups is 2. The highest BCUT2D eigenvalue weighted by atomic mass is 16.4. The molecule has 1 aromatic heterocycles. The Labute approximate surface area is 169 Å². The van der Waals surface area contributed by atoms with E-state index in [2.05, 4.69) is 25.6 Å². The number of hydrogen-bond donors (Lipinski definition) is 3. The fraction of sp³-hybridized carbons (Fsp3) is 0.842. The smallest absolute Gasteiger partial charge is 0.321 e. The Hall–Kier alpha value is -2.07. The Balaban J connectivity index is 1.39. The number of rotatable bonds is 6. The second-order valence-electron chi connectivity index (χ2n) is 8.81. The zero-order valence-corrected chi connectivity index (χ0v) is 16.8. The van der Waals surface area contributed by atoms with E-state index in [1.54, 1.807) is 4.80 Å². The van der Waals surface area contributed by atoms with Crippen molar-refractivity contribution >= 4 is 11.9 Å². The SMILES string of the molecule is CCc1nnn([C@H]2C[C@@H](C(=O)O)N(C[C@H]3CC[C@H]4CN[C@H](C(=O)O)C[C@H]4C3)C2)n1. The second-order valence-corrected chi connectivity index (χ2v) is 8.81. The predicted molar refractivity (Wildman–Crippen MR) is 102 cm³/mol. The Kier molecular flexibility index (Phi) is 5.82. The maximum Gasteiger partial charge on any atom is 0.321 e. The van der Waals surface area contributed by atoms with Crippen molar-refractivity contribution in [2.75, 3.05) is 19.6 Å². The number of aromatic nitrogens is 4. The number of carboxylic acids is 2. The number of tetrazole rings is 1. The first kappa shape index (κ1) is 20.2. The molecule has 3 fully saturated rings. The molecule has 160 valence electrons. The molecule has 29 heavy (non-hydrogen) atoms. The van der Waals surface area contributed by atoms with Gasteiger partial charge < -0.3 is 15.5 Å². The second kappa shape index (κ2) is 8.35. The number of likely N-dealkylation sites (tertiary alicyclic amines) is 1. The molecule has 0 bridgehead atoms. The Morgan fingerprint density at radius 3 is 2.66 bits per heavy atom. The molecule has 0 amide bonds. The monoisotopic (exact) mass is 406 g/mol. The summed E-state index contributed by atoms with van der Waals surface area (Å²) in [5, 5.41) is 34.7. The van der Waals surface area contributed by atoms with Crippen LogP contribution < -0.4 is 5.32 Å². The van der Waals surface area contributed by atoms with E-state index in [1.165, 1.54) is 0 Å². The molecule has 1 saturated carbocycles. The van der Waals surface area contributed by atoms with E-state index in [9.17, 15) is 19.8 Å². The molecule has 3 heterocycles. The van der Waals surface area contributed by atoms with Gasteiger partial charge in [0, 0.05) is 19.5 Å². The van der Waals surface area contributed by atoms with Gasteiger partial charge in [-0.2, -0.15) is 4.80 Å². The fourth-order valence-electron chi connectivity index (χ4n) is 5.40. The van der Waals surface area contributed by atoms with Crippen LogP contribution in [0.2, 0.25) is 0 Å². The number of nitrogens with one attached hydrogen (secondary N) is 1. The minimum absolute atomic E-state index is 0.0736. The van der Waals surface area contributed by atoms with E-state index in [0.717, 1.165) is 32.4 Å². The zero-order chi connectivity index (χ0) is 20.5. The third-order valence-corrected chi connectivity index (χ3v) is 6.98. The van der Waals surface area contributed by atoms with Crippen molar-refractivity contribution in [1.29, 1.82) is 0 Å². The number of hydrogen-bond acceptors (Lipinski definition) is 7. The van der Waals surface area contributed by atoms with Crippen LogP contribution in [0.3, 0.4) is 0 Å². The van der Waals surface area contributed by atoms with Gasteiger partial charge in [-0.05, 0) is 61.6 Å². The van der Waals surface area contributed by atoms with Crippen LogP contribution in [-0.4, -0.2) is 79.0 Å². The minimum atomic E-state index is -0.801. The first-order valence-corrected chi connectivity index (χ1v) is 10.7. The lowest BCUT2D eigenvalue weighted by Crippen LogP contribution is -2.50. The van der Waals surface area contributed by atoms with Crippen molar-refractivity contribution < 1.29 is 19.8 Å². The molecule has 2 saturated heterocycles. The van der Waals surface area contributed by atoms with Gasteiger partial charge in [-0.3, -0.25) is 14.5 Å². The van der Waals surface area contributed by atoms with Crippen LogP contribution in [0.5, 0.6) is 0 Å². The largest absolute Gasteiger partial charge is 0.480 e. The third-order valence-electron chi connectivity index (χ3n) is 6.98. The topological polar surface area (TPSA) is 133 Å². The summed E-state index contributed by atoms with van der Waals surface area (Å²) in [4.78, 5) is 26.8. The van der Waals surface area contributed by atoms with Gasteiger partial charge in [0.05, 0.1) is 6.04 Å². The Morgan fingerprint density at radius 2 is 1.97 bits per heavy atom. The van der Waals surface area contributed by atoms with Crippen LogP contribution in [0, 0.1) is 17.8 Å². The normalized spacial score (nSPS) is 35.3. The molecule has 4 rings (SSSR count). The van der Waals surface area contributed by atoms with Crippen LogP contribution in [0.25, 0.3) is 0 Å². The lowest BCUT2D eigenvalue weighted by Gasteiger charge is -2.42. The van der Waals surface area contributed by atoms with Crippen molar-refractivity contribution in [3.05, 3.63) is 5.82 Å². The summed E-state index contributed by atoms with van der Waals surface area (Å²) >= 11 is 0. The van der Waals surface area contributed by atoms with Crippen LogP contribution in [0.15, 0.2) is 0 Å². The highest BCUT2D eigenvalue weighted by Crippen LogP contribution is 2.40. The average Bonchev–Trinajstić information content (AvgIpc) is 3.34. The molecule has 0 unspecified atom stereocenters. The summed E-state index contributed by atoms with van der Waals surface area (Å²) in [5.74, 6) is 0.444. The van der Waals surface area contributed by atoms with E-state index in [0.29, 0.717) is 49.4 Å². The molecule has 6 atom stereocenters. The van der Waals surface area contributed by atoms with E-state index >= 15 is 0 Å². The van der Waals surface area contributed by atoms with E-state index in [4.69, 9.17) is 0 Å². The van der Waals surface area contributed by atoms with Crippen molar-refractivity contribution in [3.8, 4) is 0 Å². The van der Waals surface area contributed by atoms with E-state index in [1.807, 2.05) is 6.92 Å². The first-order chi connectivity index (χ1) is 13.9. The maximum atomic E-state index is 11.9. The molecule has 1 aromatic rings. The lowest BCUT2D eigenvalue weighted by atomic mass is 9.69. The summed E-state index contributed by atoms with van der Waals surface area (Å²) in [6.45, 7) is 4.08. The molecule has 3 N–H and O–H groups in total. The number of aryl methyl sites for hydroxylation is 1. The van der Waals surface area contributed by atoms with Crippen molar-refractivity contribution in [2.45, 2.75) is 63.6 Å². The highest BCUT2D eigenvalue weighted by molar-refractivity contribution is 5.74. The van der Waals surface area contributed by atoms with Gasteiger partial charge in [0.25, 0.3) is 0 Å². The van der Waals surface area contributed by atoms with Gasteiger partial charge in [-0.25, -0.2) is 0 Å². The van der Waals surface area contributed by atoms with Gasteiger partial charge in [0.15, 0.2) is 5.82 Å². The van der Waals surface area contributed by atoms with Crippen molar-refractivity contribution in [3.63, 3.8) is 0 Å². The summed E-state index contributed by atoms with van der Waals surface area (Å²) < 4.78 is 0. The zero-order valence-electron chi connectivity index (χ0n) is 16.8. The maximum absolute atomic E-state index is 11.9. The summed E-state index contributed by atoms with van der Waals surface area (Å²) in [5.41, 5.74) is 0. The van der Waals surface area contributed by atoms with Gasteiger partial charge in [-0.1, -0.05) is 6.92 Å². The number of fused-ring (bicyclic) bond motifs is 1. The van der Waals surface area contributed by atoms with Gasteiger partial charge in [0.1, 0.15) is 12.1 Å². The molecule has 0 spiro atoms. The van der Waals surface area contributed by atoms with Crippen LogP contribution in [-0.2, 0) is 16.0 Å². The molecule has 0 radical (unpaired) electrons. The molecule has 3 aliphatic rings. The van der Waals surface area contributed by atoms with Crippen molar-refractivity contribution in [1.82, 2.24) is 30.4 Å². The standard InChI is InChI=1S/C19H30N6O4/c1-2-17-21-23-25(22-17)14-7-16(19(28)29)24(10-14)9-11-3-4-12-8-20-15(18(26)27)6-13(12)5-11/h11-16,20H,2-10H2,1H3,(H,26,27)(H,28,29)/t11-,12-,13+,14-,15-,16-/m0/s1. The lowest BCUT2D eigenvalue weighted by molar-refractivity contribution is -0.143. The molecule has 1 aliphatic carbocycles. The molecule has 10 heteroatoms. The number of nitrogens with zero attached hydrogens (tertiary/aromatic N) is 5. The molecule has 10 nitrogen and oxygen atoms in total. The quantitative estimate of drug-likeness (QED) is 0.614. The highest BCUT2D eigenvalue weighted by Gasteiger charge is 2.42. The van der Waals surface area contributed by atoms with Crippen LogP contribution in [0.4, 0.5) is 0 Å². The molecular weight excluding hydrogens is 376 g/mol. The fourth-order valence-corrected chi connectivity index (χ4v) is 5.40. The Bertz CT molecular complexity index is 755. The summed E-state index contributed by atoms with van der Waals surface area (Å²) in [6, 6.07) is -1.06. The van der Waals surface area contributed by atoms with Gasteiger partial charge >= 0.3 is 11.9 Å². The molecule has 2 aliphatic heterocycles.